The number of phenols is 2. The van der Waals surface area contributed by atoms with Crippen LogP contribution in [0.5, 0.6) is 11.5 Å². The normalized spacial score (nSPS) is 11.8. The Morgan fingerprint density at radius 2 is 1.94 bits per heavy atom. The van der Waals surface area contributed by atoms with E-state index in [1.54, 1.807) is 0 Å². The van der Waals surface area contributed by atoms with Crippen LogP contribution in [0.25, 0.3) is 0 Å². The van der Waals surface area contributed by atoms with Gasteiger partial charge in [-0.25, -0.2) is 0 Å². The molecule has 0 aliphatic carbocycles. The molecule has 0 aromatic heterocycles. The smallest absolute Gasteiger partial charge is 0.322 e. The molecule has 0 bridgehead atoms. The molecular formula is C11H14N2O5. The minimum absolute atomic E-state index is 0.124. The highest BCUT2D eigenvalue weighted by Gasteiger charge is 2.15. The van der Waals surface area contributed by atoms with Crippen molar-refractivity contribution in [1.29, 1.82) is 0 Å². The Labute approximate surface area is 103 Å². The highest BCUT2D eigenvalue weighted by atomic mass is 16.4. The van der Waals surface area contributed by atoms with Crippen LogP contribution in [0.3, 0.4) is 0 Å². The van der Waals surface area contributed by atoms with Crippen molar-refractivity contribution in [3.8, 4) is 11.5 Å². The van der Waals surface area contributed by atoms with E-state index in [0.29, 0.717) is 5.56 Å². The van der Waals surface area contributed by atoms with Crippen molar-refractivity contribution in [2.45, 2.75) is 12.5 Å². The maximum Gasteiger partial charge on any atom is 0.322 e. The van der Waals surface area contributed by atoms with Gasteiger partial charge in [-0.2, -0.15) is 0 Å². The highest BCUT2D eigenvalue weighted by molar-refractivity contribution is 5.85. The molecule has 1 aromatic rings. The predicted octanol–water partition coefficient (Wildman–Crippen LogP) is -0.832. The number of carbonyl (C=O) groups excluding carboxylic acids is 1. The van der Waals surface area contributed by atoms with Crippen molar-refractivity contribution in [3.05, 3.63) is 23.8 Å². The molecule has 1 atom stereocenters. The minimum atomic E-state index is -1.15. The number of benzene rings is 1. The van der Waals surface area contributed by atoms with Gasteiger partial charge >= 0.3 is 5.97 Å². The average molecular weight is 254 g/mol. The van der Waals surface area contributed by atoms with Crippen molar-refractivity contribution in [1.82, 2.24) is 5.32 Å². The first kappa shape index (κ1) is 13.8. The van der Waals surface area contributed by atoms with Gasteiger partial charge in [0.15, 0.2) is 11.5 Å². The number of carbonyl (C=O) groups is 2. The highest BCUT2D eigenvalue weighted by Crippen LogP contribution is 2.25. The molecule has 7 nitrogen and oxygen atoms in total. The van der Waals surface area contributed by atoms with Gasteiger partial charge in [-0.1, -0.05) is 6.07 Å². The van der Waals surface area contributed by atoms with Crippen molar-refractivity contribution >= 4 is 11.9 Å². The minimum Gasteiger partial charge on any atom is -0.504 e. The third kappa shape index (κ3) is 3.95. The zero-order valence-corrected chi connectivity index (χ0v) is 9.46. The number of carboxylic acid groups (broad SMARTS) is 1. The van der Waals surface area contributed by atoms with E-state index in [1.807, 2.05) is 0 Å². The molecule has 0 spiro atoms. The predicted molar refractivity (Wildman–Crippen MR) is 62.1 cm³/mol. The summed E-state index contributed by atoms with van der Waals surface area (Å²) in [6.45, 7) is -0.493. The molecule has 18 heavy (non-hydrogen) atoms. The van der Waals surface area contributed by atoms with Crippen LogP contribution in [-0.2, 0) is 16.0 Å². The Hall–Kier alpha value is -2.28. The number of hydrogen-bond acceptors (Lipinski definition) is 5. The van der Waals surface area contributed by atoms with Crippen molar-refractivity contribution < 1.29 is 24.9 Å². The summed E-state index contributed by atoms with van der Waals surface area (Å²) in [7, 11) is 0. The summed E-state index contributed by atoms with van der Waals surface area (Å²) < 4.78 is 0. The zero-order valence-electron chi connectivity index (χ0n) is 9.46. The van der Waals surface area contributed by atoms with Crippen LogP contribution in [0.2, 0.25) is 0 Å². The van der Waals surface area contributed by atoms with Crippen molar-refractivity contribution in [2.24, 2.45) is 5.73 Å². The van der Waals surface area contributed by atoms with Crippen LogP contribution in [0, 0.1) is 0 Å². The van der Waals surface area contributed by atoms with E-state index < -0.39 is 24.5 Å². The first-order valence-corrected chi connectivity index (χ1v) is 5.16. The number of aromatic hydroxyl groups is 2. The lowest BCUT2D eigenvalue weighted by molar-refractivity contribution is -0.138. The molecule has 1 rings (SSSR count). The summed E-state index contributed by atoms with van der Waals surface area (Å²) in [4.78, 5) is 21.6. The molecule has 1 unspecified atom stereocenters. The Bertz CT molecular complexity index is 461. The quantitative estimate of drug-likeness (QED) is 0.435. The van der Waals surface area contributed by atoms with Gasteiger partial charge < -0.3 is 26.4 Å². The van der Waals surface area contributed by atoms with Gasteiger partial charge in [0.2, 0.25) is 5.91 Å². The Morgan fingerprint density at radius 1 is 1.28 bits per heavy atom. The summed E-state index contributed by atoms with van der Waals surface area (Å²) in [6.07, 6.45) is 0.124. The lowest BCUT2D eigenvalue weighted by Crippen LogP contribution is -2.43. The summed E-state index contributed by atoms with van der Waals surface area (Å²) in [6, 6.07) is 3.17. The van der Waals surface area contributed by atoms with Gasteiger partial charge in [-0.15, -0.1) is 0 Å². The molecule has 0 radical (unpaired) electrons. The van der Waals surface area contributed by atoms with Crippen LogP contribution in [-0.4, -0.2) is 39.8 Å². The lowest BCUT2D eigenvalue weighted by Gasteiger charge is -2.11. The van der Waals surface area contributed by atoms with Gasteiger partial charge in [-0.3, -0.25) is 9.59 Å². The topological polar surface area (TPSA) is 133 Å². The van der Waals surface area contributed by atoms with E-state index in [4.69, 9.17) is 15.9 Å². The third-order valence-electron chi connectivity index (χ3n) is 2.25. The standard InChI is InChI=1S/C11H14N2O5/c12-7(11(18)13-5-10(16)17)3-6-1-2-8(14)9(15)4-6/h1-2,4,7,14-15H,3,5,12H2,(H,13,18)(H,16,17). The summed E-state index contributed by atoms with van der Waals surface area (Å²) in [5.74, 6) is -2.31. The number of rotatable bonds is 5. The SMILES string of the molecule is NC(Cc1ccc(O)c(O)c1)C(=O)NCC(=O)O. The maximum absolute atomic E-state index is 11.4. The number of carboxylic acids is 1. The molecule has 0 saturated carbocycles. The van der Waals surface area contributed by atoms with Crippen LogP contribution in [0.15, 0.2) is 18.2 Å². The summed E-state index contributed by atoms with van der Waals surface area (Å²) >= 11 is 0. The monoisotopic (exact) mass is 254 g/mol. The van der Waals surface area contributed by atoms with Crippen molar-refractivity contribution in [2.75, 3.05) is 6.54 Å². The Balaban J connectivity index is 2.58. The van der Waals surface area contributed by atoms with E-state index in [0.717, 1.165) is 0 Å². The van der Waals surface area contributed by atoms with Gasteiger partial charge in [0.25, 0.3) is 0 Å². The third-order valence-corrected chi connectivity index (χ3v) is 2.25. The van der Waals surface area contributed by atoms with E-state index in [9.17, 15) is 14.7 Å². The zero-order chi connectivity index (χ0) is 13.7. The molecule has 98 valence electrons. The van der Waals surface area contributed by atoms with E-state index >= 15 is 0 Å². The lowest BCUT2D eigenvalue weighted by atomic mass is 10.1. The first-order valence-electron chi connectivity index (χ1n) is 5.16. The number of aliphatic carboxylic acids is 1. The second kappa shape index (κ2) is 5.87. The van der Waals surface area contributed by atoms with Crippen LogP contribution in [0.1, 0.15) is 5.56 Å². The second-order valence-electron chi connectivity index (χ2n) is 3.75. The molecule has 1 aromatic carbocycles. The fourth-order valence-corrected chi connectivity index (χ4v) is 1.34. The van der Waals surface area contributed by atoms with Crippen molar-refractivity contribution in [3.63, 3.8) is 0 Å². The van der Waals surface area contributed by atoms with Gasteiger partial charge in [0, 0.05) is 0 Å². The van der Waals surface area contributed by atoms with Gasteiger partial charge in [0.1, 0.15) is 6.54 Å². The second-order valence-corrected chi connectivity index (χ2v) is 3.75. The summed E-state index contributed by atoms with van der Waals surface area (Å²) in [5, 5.41) is 28.9. The molecular weight excluding hydrogens is 240 g/mol. The van der Waals surface area contributed by atoms with E-state index in [1.165, 1.54) is 18.2 Å². The fourth-order valence-electron chi connectivity index (χ4n) is 1.34. The first-order chi connectivity index (χ1) is 8.40. The molecule has 7 heteroatoms. The van der Waals surface area contributed by atoms with Gasteiger partial charge in [-0.05, 0) is 24.1 Å². The average Bonchev–Trinajstić information content (AvgIpc) is 2.30. The molecule has 0 aliphatic rings. The van der Waals surface area contributed by atoms with Crippen LogP contribution >= 0.6 is 0 Å². The van der Waals surface area contributed by atoms with E-state index in [-0.39, 0.29) is 17.9 Å². The number of amides is 1. The molecule has 1 amide bonds. The maximum atomic E-state index is 11.4. The molecule has 0 aliphatic heterocycles. The van der Waals surface area contributed by atoms with Crippen LogP contribution < -0.4 is 11.1 Å². The Morgan fingerprint density at radius 3 is 2.50 bits per heavy atom. The molecule has 6 N–H and O–H groups in total. The molecule has 0 saturated heterocycles. The number of nitrogens with one attached hydrogen (secondary N) is 1. The number of phenolic OH excluding ortho intramolecular Hbond substituents is 2. The largest absolute Gasteiger partial charge is 0.504 e. The van der Waals surface area contributed by atoms with Crippen LogP contribution in [0.4, 0.5) is 0 Å². The molecule has 0 fully saturated rings. The van der Waals surface area contributed by atoms with Gasteiger partial charge in [0.05, 0.1) is 6.04 Å². The van der Waals surface area contributed by atoms with E-state index in [2.05, 4.69) is 5.32 Å². The molecule has 0 heterocycles. The number of nitrogens with two attached hydrogens (primary N) is 1. The number of hydrogen-bond donors (Lipinski definition) is 5. The Kier molecular flexibility index (Phi) is 4.50. The fraction of sp³-hybridized carbons (Fsp3) is 0.273. The summed E-state index contributed by atoms with van der Waals surface area (Å²) in [5.41, 5.74) is 6.13.